The lowest BCUT2D eigenvalue weighted by Gasteiger charge is -2.46. The second-order valence-electron chi connectivity index (χ2n) is 7.26. The fourth-order valence-corrected chi connectivity index (χ4v) is 3.99. The Kier molecular flexibility index (Phi) is 5.71. The van der Waals surface area contributed by atoms with E-state index in [0.29, 0.717) is 0 Å². The zero-order valence-corrected chi connectivity index (χ0v) is 16.0. The molecule has 0 saturated carbocycles. The summed E-state index contributed by atoms with van der Waals surface area (Å²) in [5.74, 6) is 0.755. The Morgan fingerprint density at radius 2 is 1.93 bits per heavy atom. The molecular formula is C21H23N3O5. The van der Waals surface area contributed by atoms with E-state index in [1.165, 1.54) is 0 Å². The number of benzene rings is 2. The molecule has 0 spiro atoms. The standard InChI is InChI=1S/C21H23N3O5/c1-26-16-9-7-15(8-10-16)12-27-19-17-13-28-20(29-17)18(23-24-22)21(19,25)11-14-5-3-2-4-6-14/h2-10,17-20,25H,11-13H2,1H3/t17-,18+,19-,20-,21-/m1/s1. The molecule has 8 heteroatoms. The smallest absolute Gasteiger partial charge is 0.169 e. The molecule has 2 aliphatic rings. The maximum atomic E-state index is 11.7. The molecular weight excluding hydrogens is 374 g/mol. The Labute approximate surface area is 168 Å². The van der Waals surface area contributed by atoms with Crippen molar-refractivity contribution in [2.45, 2.75) is 43.2 Å². The first-order valence-electron chi connectivity index (χ1n) is 9.46. The predicted octanol–water partition coefficient (Wildman–Crippen LogP) is 2.99. The number of fused-ring (bicyclic) bond motifs is 2. The van der Waals surface area contributed by atoms with Gasteiger partial charge in [0.05, 0.1) is 20.3 Å². The quantitative estimate of drug-likeness (QED) is 0.439. The van der Waals surface area contributed by atoms with Crippen LogP contribution in [0.25, 0.3) is 10.4 Å². The van der Waals surface area contributed by atoms with E-state index in [0.717, 1.165) is 16.9 Å². The van der Waals surface area contributed by atoms with Crippen LogP contribution in [0.15, 0.2) is 59.7 Å². The molecule has 2 aromatic carbocycles. The van der Waals surface area contributed by atoms with Crippen LogP contribution < -0.4 is 4.74 Å². The summed E-state index contributed by atoms with van der Waals surface area (Å²) in [5, 5.41) is 15.6. The van der Waals surface area contributed by atoms with Crippen LogP contribution in [0, 0.1) is 0 Å². The van der Waals surface area contributed by atoms with Crippen molar-refractivity contribution in [2.75, 3.05) is 13.7 Å². The summed E-state index contributed by atoms with van der Waals surface area (Å²) in [6.07, 6.45) is -1.70. The number of hydrogen-bond acceptors (Lipinski definition) is 6. The third-order valence-electron chi connectivity index (χ3n) is 5.43. The minimum absolute atomic E-state index is 0.254. The number of nitrogens with zero attached hydrogens (tertiary/aromatic N) is 3. The SMILES string of the molecule is COc1ccc(CO[C@@H]2[C@H]3CO[C@H](O3)[C@H](N=[N+]=[N-])[C@]2(O)Cc2ccccc2)cc1. The first kappa shape index (κ1) is 19.7. The number of aliphatic hydroxyl groups is 1. The van der Waals surface area contributed by atoms with Crippen molar-refractivity contribution in [3.63, 3.8) is 0 Å². The zero-order chi connectivity index (χ0) is 20.3. The summed E-state index contributed by atoms with van der Waals surface area (Å²) >= 11 is 0. The fraction of sp³-hybridized carbons (Fsp3) is 0.429. The van der Waals surface area contributed by atoms with Crippen LogP contribution in [0.1, 0.15) is 11.1 Å². The average molecular weight is 397 g/mol. The van der Waals surface area contributed by atoms with Crippen molar-refractivity contribution in [3.05, 3.63) is 76.2 Å². The van der Waals surface area contributed by atoms with Crippen molar-refractivity contribution < 1.29 is 24.1 Å². The van der Waals surface area contributed by atoms with Gasteiger partial charge in [0.25, 0.3) is 0 Å². The fourth-order valence-electron chi connectivity index (χ4n) is 3.99. The highest BCUT2D eigenvalue weighted by atomic mass is 16.7. The van der Waals surface area contributed by atoms with Gasteiger partial charge >= 0.3 is 0 Å². The minimum Gasteiger partial charge on any atom is -0.497 e. The van der Waals surface area contributed by atoms with Crippen LogP contribution in [-0.4, -0.2) is 49.0 Å². The van der Waals surface area contributed by atoms with E-state index in [2.05, 4.69) is 10.0 Å². The summed E-state index contributed by atoms with van der Waals surface area (Å²) < 4.78 is 22.8. The maximum absolute atomic E-state index is 11.7. The lowest BCUT2D eigenvalue weighted by molar-refractivity contribution is -0.240. The van der Waals surface area contributed by atoms with Gasteiger partial charge in [-0.15, -0.1) is 0 Å². The largest absolute Gasteiger partial charge is 0.497 e. The number of ether oxygens (including phenoxy) is 4. The normalized spacial score (nSPS) is 30.6. The molecule has 0 unspecified atom stereocenters. The number of azide groups is 1. The maximum Gasteiger partial charge on any atom is 0.169 e. The molecule has 2 fully saturated rings. The molecule has 152 valence electrons. The molecule has 2 aliphatic heterocycles. The van der Waals surface area contributed by atoms with Gasteiger partial charge in [-0.2, -0.15) is 0 Å². The molecule has 2 bridgehead atoms. The topological polar surface area (TPSA) is 106 Å². The molecule has 2 aromatic rings. The molecule has 0 aromatic heterocycles. The molecule has 8 nitrogen and oxygen atoms in total. The van der Waals surface area contributed by atoms with Crippen molar-refractivity contribution >= 4 is 0 Å². The van der Waals surface area contributed by atoms with Gasteiger partial charge in [0.15, 0.2) is 6.29 Å². The van der Waals surface area contributed by atoms with E-state index in [-0.39, 0.29) is 19.6 Å². The highest BCUT2D eigenvalue weighted by Crippen LogP contribution is 2.41. The predicted molar refractivity (Wildman–Crippen MR) is 104 cm³/mol. The monoisotopic (exact) mass is 397 g/mol. The van der Waals surface area contributed by atoms with Crippen molar-refractivity contribution in [1.82, 2.24) is 0 Å². The third kappa shape index (κ3) is 3.94. The van der Waals surface area contributed by atoms with Gasteiger partial charge in [-0.05, 0) is 28.8 Å². The van der Waals surface area contributed by atoms with Crippen molar-refractivity contribution in [3.8, 4) is 5.75 Å². The Morgan fingerprint density at radius 1 is 1.17 bits per heavy atom. The van der Waals surface area contributed by atoms with Crippen LogP contribution in [0.5, 0.6) is 5.75 Å². The number of rotatable bonds is 7. The Bertz CT molecular complexity index is 872. The molecule has 29 heavy (non-hydrogen) atoms. The second kappa shape index (κ2) is 8.41. The van der Waals surface area contributed by atoms with Crippen LogP contribution in [0.2, 0.25) is 0 Å². The van der Waals surface area contributed by atoms with E-state index < -0.39 is 30.1 Å². The lowest BCUT2D eigenvalue weighted by atomic mass is 9.79. The summed E-state index contributed by atoms with van der Waals surface area (Å²) in [4.78, 5) is 2.92. The highest BCUT2D eigenvalue weighted by molar-refractivity contribution is 5.27. The first-order chi connectivity index (χ1) is 14.1. The molecule has 4 rings (SSSR count). The summed E-state index contributed by atoms with van der Waals surface area (Å²) in [6, 6.07) is 16.1. The van der Waals surface area contributed by atoms with E-state index in [4.69, 9.17) is 24.5 Å². The molecule has 2 heterocycles. The van der Waals surface area contributed by atoms with E-state index in [9.17, 15) is 5.11 Å². The van der Waals surface area contributed by atoms with Gasteiger partial charge in [0.2, 0.25) is 0 Å². The Hall–Kier alpha value is -2.61. The van der Waals surface area contributed by atoms with Gasteiger partial charge in [-0.25, -0.2) is 0 Å². The van der Waals surface area contributed by atoms with Gasteiger partial charge in [-0.3, -0.25) is 0 Å². The van der Waals surface area contributed by atoms with Gasteiger partial charge in [-0.1, -0.05) is 47.6 Å². The highest BCUT2D eigenvalue weighted by Gasteiger charge is 2.59. The average Bonchev–Trinajstić information content (AvgIpc) is 3.18. The summed E-state index contributed by atoms with van der Waals surface area (Å²) in [7, 11) is 1.61. The molecule has 0 aliphatic carbocycles. The van der Waals surface area contributed by atoms with E-state index in [1.807, 2.05) is 54.6 Å². The van der Waals surface area contributed by atoms with Crippen molar-refractivity contribution in [2.24, 2.45) is 5.11 Å². The lowest BCUT2D eigenvalue weighted by Crippen LogP contribution is -2.64. The van der Waals surface area contributed by atoms with Gasteiger partial charge in [0.1, 0.15) is 29.6 Å². The van der Waals surface area contributed by atoms with E-state index in [1.54, 1.807) is 7.11 Å². The molecule has 1 N–H and O–H groups in total. The van der Waals surface area contributed by atoms with Crippen LogP contribution in [0.3, 0.4) is 0 Å². The van der Waals surface area contributed by atoms with Crippen LogP contribution in [-0.2, 0) is 27.2 Å². The first-order valence-corrected chi connectivity index (χ1v) is 9.46. The molecule has 0 amide bonds. The zero-order valence-electron chi connectivity index (χ0n) is 16.0. The Morgan fingerprint density at radius 3 is 2.62 bits per heavy atom. The van der Waals surface area contributed by atoms with Crippen molar-refractivity contribution in [1.29, 1.82) is 0 Å². The van der Waals surface area contributed by atoms with Gasteiger partial charge in [0, 0.05) is 11.3 Å². The second-order valence-corrected chi connectivity index (χ2v) is 7.26. The molecule has 2 saturated heterocycles. The molecule has 5 atom stereocenters. The van der Waals surface area contributed by atoms with Crippen LogP contribution in [0.4, 0.5) is 0 Å². The van der Waals surface area contributed by atoms with E-state index >= 15 is 0 Å². The molecule has 0 radical (unpaired) electrons. The Balaban J connectivity index is 1.61. The van der Waals surface area contributed by atoms with Crippen LogP contribution >= 0.6 is 0 Å². The van der Waals surface area contributed by atoms with Gasteiger partial charge < -0.3 is 24.1 Å². The summed E-state index contributed by atoms with van der Waals surface area (Å²) in [6.45, 7) is 0.534. The summed E-state index contributed by atoms with van der Waals surface area (Å²) in [5.41, 5.74) is 9.44. The third-order valence-corrected chi connectivity index (χ3v) is 5.43. The number of hydrogen-bond donors (Lipinski definition) is 1. The minimum atomic E-state index is -1.47. The number of methoxy groups -OCH3 is 1.